The molecule has 1 unspecified atom stereocenters. The lowest BCUT2D eigenvalue weighted by molar-refractivity contribution is -0.129. The van der Waals surface area contributed by atoms with Gasteiger partial charge in [-0.3, -0.25) is 4.79 Å². The van der Waals surface area contributed by atoms with Gasteiger partial charge in [-0.25, -0.2) is 8.42 Å². The van der Waals surface area contributed by atoms with Gasteiger partial charge in [-0.05, 0) is 49.0 Å². The van der Waals surface area contributed by atoms with E-state index < -0.39 is 15.1 Å². The third-order valence-electron chi connectivity index (χ3n) is 6.71. The van der Waals surface area contributed by atoms with Crippen LogP contribution in [0.4, 0.5) is 0 Å². The van der Waals surface area contributed by atoms with E-state index in [1.165, 1.54) is 6.42 Å². The zero-order valence-corrected chi connectivity index (χ0v) is 15.4. The van der Waals surface area contributed by atoms with Crippen LogP contribution < -0.4 is 0 Å². The highest BCUT2D eigenvalue weighted by molar-refractivity contribution is 7.92. The summed E-state index contributed by atoms with van der Waals surface area (Å²) in [7, 11) is -3.12. The van der Waals surface area contributed by atoms with Crippen molar-refractivity contribution in [3.8, 4) is 0 Å². The van der Waals surface area contributed by atoms with Gasteiger partial charge >= 0.3 is 0 Å². The molecule has 23 heavy (non-hydrogen) atoms. The van der Waals surface area contributed by atoms with Crippen LogP contribution in [-0.4, -0.2) is 25.2 Å². The normalized spacial score (nSPS) is 41.5. The maximum Gasteiger partial charge on any atom is 0.160 e. The van der Waals surface area contributed by atoms with Gasteiger partial charge in [-0.15, -0.1) is 0 Å². The Labute approximate surface area is 140 Å². The van der Waals surface area contributed by atoms with E-state index in [0.29, 0.717) is 12.3 Å². The number of fused-ring (bicyclic) bond motifs is 1. The van der Waals surface area contributed by atoms with E-state index in [1.54, 1.807) is 6.08 Å². The first kappa shape index (κ1) is 16.9. The van der Waals surface area contributed by atoms with Gasteiger partial charge in [0.1, 0.15) is 0 Å². The summed E-state index contributed by atoms with van der Waals surface area (Å²) in [4.78, 5) is 12.7. The van der Waals surface area contributed by atoms with Gasteiger partial charge in [0.2, 0.25) is 0 Å². The Morgan fingerprint density at radius 2 is 1.91 bits per heavy atom. The Balaban J connectivity index is 1.97. The molecule has 3 aliphatic rings. The fraction of sp³-hybridized carbons (Fsp3) is 0.737. The summed E-state index contributed by atoms with van der Waals surface area (Å²) >= 11 is 0. The first-order valence-corrected chi connectivity index (χ1v) is 10.4. The molecule has 0 radical (unpaired) electrons. The summed E-state index contributed by atoms with van der Waals surface area (Å²) in [6.07, 6.45) is 9.39. The highest BCUT2D eigenvalue weighted by atomic mass is 32.2. The molecule has 0 aromatic heterocycles. The lowest BCUT2D eigenvalue weighted by Crippen LogP contribution is -2.50. The monoisotopic (exact) mass is 336 g/mol. The molecule has 4 atom stereocenters. The number of carbonyl (C=O) groups excluding carboxylic acids is 1. The predicted octanol–water partition coefficient (Wildman–Crippen LogP) is 3.71. The van der Waals surface area contributed by atoms with Crippen molar-refractivity contribution in [3.63, 3.8) is 0 Å². The van der Waals surface area contributed by atoms with Crippen molar-refractivity contribution in [2.45, 2.75) is 58.6 Å². The molecule has 1 saturated carbocycles. The van der Waals surface area contributed by atoms with Crippen LogP contribution in [0, 0.1) is 22.7 Å². The Kier molecular flexibility index (Phi) is 3.90. The minimum Gasteiger partial charge on any atom is -0.295 e. The molecule has 3 rings (SSSR count). The van der Waals surface area contributed by atoms with Crippen LogP contribution in [0.1, 0.15) is 53.4 Å². The van der Waals surface area contributed by atoms with Crippen molar-refractivity contribution >= 4 is 15.6 Å². The smallest absolute Gasteiger partial charge is 0.160 e. The van der Waals surface area contributed by atoms with Crippen LogP contribution in [0.2, 0.25) is 0 Å². The van der Waals surface area contributed by atoms with Crippen molar-refractivity contribution in [1.82, 2.24) is 0 Å². The average molecular weight is 336 g/mol. The Morgan fingerprint density at radius 3 is 2.52 bits per heavy atom. The van der Waals surface area contributed by atoms with Crippen molar-refractivity contribution in [1.29, 1.82) is 0 Å². The molecule has 0 saturated heterocycles. The molecule has 1 heterocycles. The van der Waals surface area contributed by atoms with Gasteiger partial charge in [0.05, 0.1) is 11.0 Å². The maximum absolute atomic E-state index is 12.7. The standard InChI is InChI=1S/C19H28O3S/c1-13-8-11-23(21,22)16(13)12-14-15(20)6-7-17-18(2,3)9-5-10-19(14,17)4/h6-8,14,16-17H,5,9-12H2,1-4H3/t14-,16?,17-,19+/m0/s1. The van der Waals surface area contributed by atoms with Crippen LogP contribution in [0.3, 0.4) is 0 Å². The van der Waals surface area contributed by atoms with Crippen molar-refractivity contribution in [2.75, 3.05) is 5.75 Å². The molecular weight excluding hydrogens is 308 g/mol. The van der Waals surface area contributed by atoms with Crippen LogP contribution in [0.5, 0.6) is 0 Å². The summed E-state index contributed by atoms with van der Waals surface area (Å²) < 4.78 is 24.7. The average Bonchev–Trinajstić information content (AvgIpc) is 2.67. The molecule has 0 aromatic carbocycles. The van der Waals surface area contributed by atoms with Gasteiger partial charge in [0.25, 0.3) is 0 Å². The van der Waals surface area contributed by atoms with Crippen molar-refractivity contribution < 1.29 is 13.2 Å². The van der Waals surface area contributed by atoms with E-state index >= 15 is 0 Å². The number of hydrogen-bond donors (Lipinski definition) is 0. The zero-order chi connectivity index (χ0) is 17.0. The minimum atomic E-state index is -3.12. The molecule has 4 heteroatoms. The van der Waals surface area contributed by atoms with E-state index in [4.69, 9.17) is 0 Å². The molecule has 1 aliphatic heterocycles. The van der Waals surface area contributed by atoms with Gasteiger partial charge in [0.15, 0.2) is 15.6 Å². The van der Waals surface area contributed by atoms with Gasteiger partial charge in [0, 0.05) is 5.92 Å². The van der Waals surface area contributed by atoms with Crippen LogP contribution in [0.25, 0.3) is 0 Å². The highest BCUT2D eigenvalue weighted by Gasteiger charge is 2.54. The van der Waals surface area contributed by atoms with Crippen molar-refractivity contribution in [3.05, 3.63) is 23.8 Å². The summed E-state index contributed by atoms with van der Waals surface area (Å²) in [6.45, 7) is 8.67. The van der Waals surface area contributed by atoms with Crippen LogP contribution in [0.15, 0.2) is 23.8 Å². The second-order valence-corrected chi connectivity index (χ2v) is 10.9. The third-order valence-corrected chi connectivity index (χ3v) is 8.77. The first-order chi connectivity index (χ1) is 10.6. The Morgan fingerprint density at radius 1 is 1.22 bits per heavy atom. The summed E-state index contributed by atoms with van der Waals surface area (Å²) in [5.41, 5.74) is 0.969. The Hall–Kier alpha value is -0.900. The molecule has 0 spiro atoms. The molecule has 128 valence electrons. The lowest BCUT2D eigenvalue weighted by atomic mass is 9.49. The molecule has 0 N–H and O–H groups in total. The van der Waals surface area contributed by atoms with E-state index in [9.17, 15) is 13.2 Å². The van der Waals surface area contributed by atoms with Gasteiger partial charge < -0.3 is 0 Å². The number of sulfone groups is 1. The number of carbonyl (C=O) groups is 1. The summed E-state index contributed by atoms with van der Waals surface area (Å²) in [6, 6.07) is 0. The molecular formula is C19H28O3S. The maximum atomic E-state index is 12.7. The number of hydrogen-bond acceptors (Lipinski definition) is 3. The van der Waals surface area contributed by atoms with E-state index in [-0.39, 0.29) is 28.3 Å². The zero-order valence-electron chi connectivity index (χ0n) is 14.6. The van der Waals surface area contributed by atoms with E-state index in [1.807, 2.05) is 13.0 Å². The fourth-order valence-electron chi connectivity index (χ4n) is 5.34. The van der Waals surface area contributed by atoms with E-state index in [0.717, 1.165) is 18.4 Å². The second kappa shape index (κ2) is 5.30. The van der Waals surface area contributed by atoms with E-state index in [2.05, 4.69) is 26.8 Å². The molecule has 0 aromatic rings. The largest absolute Gasteiger partial charge is 0.295 e. The number of allylic oxidation sites excluding steroid dienone is 2. The lowest BCUT2D eigenvalue weighted by Gasteiger charge is -2.54. The number of rotatable bonds is 2. The van der Waals surface area contributed by atoms with Gasteiger partial charge in [-0.1, -0.05) is 44.9 Å². The molecule has 2 aliphatic carbocycles. The highest BCUT2D eigenvalue weighted by Crippen LogP contribution is 2.58. The topological polar surface area (TPSA) is 51.2 Å². The fourth-order valence-corrected chi connectivity index (χ4v) is 7.22. The van der Waals surface area contributed by atoms with Crippen LogP contribution >= 0.6 is 0 Å². The molecule has 0 bridgehead atoms. The SMILES string of the molecule is CC1=CCS(=O)(=O)C1C[C@H]1C(=O)C=C[C@H]2C(C)(C)CCC[C@]12C. The molecule has 1 fully saturated rings. The second-order valence-electron chi connectivity index (χ2n) is 8.64. The van der Waals surface area contributed by atoms with Crippen LogP contribution in [-0.2, 0) is 14.6 Å². The summed E-state index contributed by atoms with van der Waals surface area (Å²) in [5, 5.41) is -0.467. The van der Waals surface area contributed by atoms with Gasteiger partial charge in [-0.2, -0.15) is 0 Å². The number of ketones is 1. The summed E-state index contributed by atoms with van der Waals surface area (Å²) in [5.74, 6) is 0.417. The van der Waals surface area contributed by atoms with Crippen molar-refractivity contribution in [2.24, 2.45) is 22.7 Å². The quantitative estimate of drug-likeness (QED) is 0.722. The minimum absolute atomic E-state index is 0.119. The Bertz CT molecular complexity index is 683. The molecule has 3 nitrogen and oxygen atoms in total. The predicted molar refractivity (Wildman–Crippen MR) is 92.8 cm³/mol. The first-order valence-electron chi connectivity index (χ1n) is 8.68. The third kappa shape index (κ3) is 2.63. The molecule has 0 amide bonds.